The third-order valence-corrected chi connectivity index (χ3v) is 4.63. The van der Waals surface area contributed by atoms with Crippen molar-refractivity contribution in [3.63, 3.8) is 0 Å². The molecule has 0 saturated carbocycles. The van der Waals surface area contributed by atoms with Crippen molar-refractivity contribution in [3.8, 4) is 0 Å². The molecule has 0 aliphatic carbocycles. The monoisotopic (exact) mass is 519 g/mol. The van der Waals surface area contributed by atoms with Crippen molar-refractivity contribution in [2.75, 3.05) is 70.5 Å². The second-order valence-corrected chi connectivity index (χ2v) is 6.88. The van der Waals surface area contributed by atoms with Gasteiger partial charge in [0.1, 0.15) is 0 Å². The molecule has 29 heavy (non-hydrogen) atoms. The molecule has 0 unspecified atom stereocenters. The lowest BCUT2D eigenvalue weighted by atomic mass is 10.3. The molecule has 0 radical (unpaired) electrons. The Labute approximate surface area is 192 Å². The Kier molecular flexibility index (Phi) is 14.8. The maximum atomic E-state index is 5.59. The average molecular weight is 519 g/mol. The molecule has 2 N–H and O–H groups in total. The molecule has 0 atom stereocenters. The van der Waals surface area contributed by atoms with Crippen LogP contribution in [0.5, 0.6) is 0 Å². The number of nitrogens with one attached hydrogen (secondary N) is 2. The van der Waals surface area contributed by atoms with Crippen molar-refractivity contribution in [3.05, 3.63) is 18.5 Å². The van der Waals surface area contributed by atoms with Crippen LogP contribution in [-0.4, -0.2) is 86.4 Å². The molecular formula is C20H38IN7O. The summed E-state index contributed by atoms with van der Waals surface area (Å²) in [5.41, 5.74) is 0. The SMILES string of the molecule is CCCCOCCCN=C(NCC)NCCN1CCN(c2ncccn2)CC1.I. The van der Waals surface area contributed by atoms with E-state index in [1.807, 2.05) is 6.07 Å². The summed E-state index contributed by atoms with van der Waals surface area (Å²) in [4.78, 5) is 18.0. The third-order valence-electron chi connectivity index (χ3n) is 4.63. The smallest absolute Gasteiger partial charge is 0.225 e. The van der Waals surface area contributed by atoms with Gasteiger partial charge in [0.15, 0.2) is 5.96 Å². The maximum Gasteiger partial charge on any atom is 0.225 e. The number of aliphatic imine (C=N–C) groups is 1. The fourth-order valence-corrected chi connectivity index (χ4v) is 3.01. The molecule has 2 heterocycles. The second-order valence-electron chi connectivity index (χ2n) is 6.88. The molecule has 2 rings (SSSR count). The van der Waals surface area contributed by atoms with Crippen molar-refractivity contribution >= 4 is 35.9 Å². The summed E-state index contributed by atoms with van der Waals surface area (Å²) in [5.74, 6) is 1.73. The van der Waals surface area contributed by atoms with E-state index in [0.29, 0.717) is 0 Å². The highest BCUT2D eigenvalue weighted by Crippen LogP contribution is 2.08. The van der Waals surface area contributed by atoms with Crippen LogP contribution in [0.4, 0.5) is 5.95 Å². The minimum Gasteiger partial charge on any atom is -0.381 e. The van der Waals surface area contributed by atoms with Crippen LogP contribution in [0.3, 0.4) is 0 Å². The molecule has 0 aromatic carbocycles. The second kappa shape index (κ2) is 16.6. The molecule has 1 aromatic rings. The fraction of sp³-hybridized carbons (Fsp3) is 0.750. The van der Waals surface area contributed by atoms with Crippen LogP contribution in [0.2, 0.25) is 0 Å². The van der Waals surface area contributed by atoms with Gasteiger partial charge in [0.05, 0.1) is 0 Å². The van der Waals surface area contributed by atoms with Crippen molar-refractivity contribution < 1.29 is 4.74 Å². The quantitative estimate of drug-likeness (QED) is 0.189. The molecule has 0 bridgehead atoms. The molecule has 1 saturated heterocycles. The maximum absolute atomic E-state index is 5.59. The summed E-state index contributed by atoms with van der Waals surface area (Å²) in [6.45, 7) is 13.5. The van der Waals surface area contributed by atoms with Gasteiger partial charge in [-0.15, -0.1) is 24.0 Å². The number of aromatic nitrogens is 2. The van der Waals surface area contributed by atoms with Crippen molar-refractivity contribution in [2.24, 2.45) is 4.99 Å². The van der Waals surface area contributed by atoms with Crippen LogP contribution in [0.15, 0.2) is 23.5 Å². The minimum atomic E-state index is 0. The Morgan fingerprint density at radius 3 is 2.48 bits per heavy atom. The highest BCUT2D eigenvalue weighted by molar-refractivity contribution is 14.0. The van der Waals surface area contributed by atoms with E-state index in [2.05, 4.69) is 49.2 Å². The van der Waals surface area contributed by atoms with Gasteiger partial charge in [-0.2, -0.15) is 0 Å². The van der Waals surface area contributed by atoms with E-state index in [-0.39, 0.29) is 24.0 Å². The molecule has 0 spiro atoms. The summed E-state index contributed by atoms with van der Waals surface area (Å²) < 4.78 is 5.59. The first-order valence-electron chi connectivity index (χ1n) is 10.7. The van der Waals surface area contributed by atoms with Gasteiger partial charge < -0.3 is 20.3 Å². The topological polar surface area (TPSA) is 77.9 Å². The number of rotatable bonds is 12. The number of piperazine rings is 1. The lowest BCUT2D eigenvalue weighted by molar-refractivity contribution is 0.130. The van der Waals surface area contributed by atoms with E-state index < -0.39 is 0 Å². The van der Waals surface area contributed by atoms with Crippen LogP contribution in [0, 0.1) is 0 Å². The predicted octanol–water partition coefficient (Wildman–Crippen LogP) is 1.98. The molecule has 1 aliphatic rings. The number of halogens is 1. The normalized spacial score (nSPS) is 15.1. The number of anilines is 1. The first kappa shape index (κ1) is 25.8. The Bertz CT molecular complexity index is 539. The first-order chi connectivity index (χ1) is 13.8. The first-order valence-corrected chi connectivity index (χ1v) is 10.7. The molecule has 1 fully saturated rings. The standard InChI is InChI=1S/C20H37N7O.HI/c1-3-5-17-28-18-7-10-22-19(21-4-2)23-11-12-26-13-15-27(16-14-26)20-24-8-6-9-25-20;/h6,8-9H,3-5,7,10-18H2,1-2H3,(H2,21,22,23);1H. The lowest BCUT2D eigenvalue weighted by Crippen LogP contribution is -2.49. The van der Waals surface area contributed by atoms with E-state index in [0.717, 1.165) is 90.3 Å². The Morgan fingerprint density at radius 1 is 1.07 bits per heavy atom. The third kappa shape index (κ3) is 10.9. The van der Waals surface area contributed by atoms with E-state index in [1.165, 1.54) is 6.42 Å². The summed E-state index contributed by atoms with van der Waals surface area (Å²) >= 11 is 0. The van der Waals surface area contributed by atoms with Gasteiger partial charge in [0, 0.05) is 78.0 Å². The van der Waals surface area contributed by atoms with Crippen molar-refractivity contribution in [2.45, 2.75) is 33.1 Å². The number of nitrogens with zero attached hydrogens (tertiary/aromatic N) is 5. The van der Waals surface area contributed by atoms with Crippen molar-refractivity contribution in [1.29, 1.82) is 0 Å². The molecule has 9 heteroatoms. The Morgan fingerprint density at radius 2 is 1.79 bits per heavy atom. The average Bonchev–Trinajstić information content (AvgIpc) is 2.74. The lowest BCUT2D eigenvalue weighted by Gasteiger charge is -2.34. The summed E-state index contributed by atoms with van der Waals surface area (Å²) in [5, 5.41) is 6.76. The molecule has 1 aromatic heterocycles. The van der Waals surface area contributed by atoms with E-state index in [9.17, 15) is 0 Å². The Hall–Kier alpha value is -1.20. The predicted molar refractivity (Wildman–Crippen MR) is 130 cm³/mol. The van der Waals surface area contributed by atoms with Gasteiger partial charge in [-0.25, -0.2) is 9.97 Å². The molecule has 1 aliphatic heterocycles. The van der Waals surface area contributed by atoms with Gasteiger partial charge in [-0.1, -0.05) is 13.3 Å². The number of hydrogen-bond acceptors (Lipinski definition) is 6. The summed E-state index contributed by atoms with van der Waals surface area (Å²) in [7, 11) is 0. The molecular weight excluding hydrogens is 481 g/mol. The van der Waals surface area contributed by atoms with Gasteiger partial charge in [0.25, 0.3) is 0 Å². The van der Waals surface area contributed by atoms with Crippen LogP contribution in [-0.2, 0) is 4.74 Å². The zero-order valence-corrected chi connectivity index (χ0v) is 20.3. The largest absolute Gasteiger partial charge is 0.381 e. The minimum absolute atomic E-state index is 0. The van der Waals surface area contributed by atoms with Gasteiger partial charge in [-0.3, -0.25) is 9.89 Å². The fourth-order valence-electron chi connectivity index (χ4n) is 3.01. The number of unbranched alkanes of at least 4 members (excludes halogenated alkanes) is 1. The molecule has 0 amide bonds. The van der Waals surface area contributed by atoms with Crippen LogP contribution < -0.4 is 15.5 Å². The number of hydrogen-bond donors (Lipinski definition) is 2. The van der Waals surface area contributed by atoms with Crippen LogP contribution >= 0.6 is 24.0 Å². The van der Waals surface area contributed by atoms with Crippen LogP contribution in [0.25, 0.3) is 0 Å². The Balaban J connectivity index is 0.00000420. The molecule has 166 valence electrons. The highest BCUT2D eigenvalue weighted by atomic mass is 127. The number of ether oxygens (including phenoxy) is 1. The zero-order chi connectivity index (χ0) is 19.9. The van der Waals surface area contributed by atoms with Gasteiger partial charge >= 0.3 is 0 Å². The molecule has 8 nitrogen and oxygen atoms in total. The van der Waals surface area contributed by atoms with E-state index in [4.69, 9.17) is 4.74 Å². The summed E-state index contributed by atoms with van der Waals surface area (Å²) in [6.07, 6.45) is 6.89. The highest BCUT2D eigenvalue weighted by Gasteiger charge is 2.18. The van der Waals surface area contributed by atoms with Gasteiger partial charge in [-0.05, 0) is 25.8 Å². The van der Waals surface area contributed by atoms with Crippen LogP contribution in [0.1, 0.15) is 33.1 Å². The van der Waals surface area contributed by atoms with E-state index in [1.54, 1.807) is 12.4 Å². The summed E-state index contributed by atoms with van der Waals surface area (Å²) in [6, 6.07) is 1.86. The van der Waals surface area contributed by atoms with Gasteiger partial charge in [0.2, 0.25) is 5.95 Å². The van der Waals surface area contributed by atoms with Crippen molar-refractivity contribution in [1.82, 2.24) is 25.5 Å². The van der Waals surface area contributed by atoms with E-state index >= 15 is 0 Å². The number of guanidine groups is 1. The zero-order valence-electron chi connectivity index (χ0n) is 18.0.